The molecule has 5 heteroatoms. The lowest BCUT2D eigenvalue weighted by atomic mass is 10.1. The standard InChI is InChI=1S/C30H34O4Si/c1-22-13-16-25(17-14-22)29(31)34-28-26(18-15-23-11-9-8-10-12-23)19-24(20-27(28)32-5)21-33-35(6,7)30(2,3)4/h8-14,16-17,19-20H,21H2,1-7H3. The van der Waals surface area contributed by atoms with Gasteiger partial charge >= 0.3 is 5.97 Å². The maximum Gasteiger partial charge on any atom is 0.343 e. The molecule has 3 aromatic rings. The second kappa shape index (κ2) is 10.9. The third-order valence-corrected chi connectivity index (χ3v) is 10.8. The van der Waals surface area contributed by atoms with Gasteiger partial charge in [0.1, 0.15) is 0 Å². The number of rotatable bonds is 6. The zero-order valence-corrected chi connectivity index (χ0v) is 22.7. The molecule has 0 saturated heterocycles. The Morgan fingerprint density at radius 1 is 0.943 bits per heavy atom. The lowest BCUT2D eigenvalue weighted by molar-refractivity contribution is 0.0729. The van der Waals surface area contributed by atoms with E-state index in [9.17, 15) is 4.79 Å². The fraction of sp³-hybridized carbons (Fsp3) is 0.300. The van der Waals surface area contributed by atoms with E-state index in [1.54, 1.807) is 19.2 Å². The summed E-state index contributed by atoms with van der Waals surface area (Å²) in [6.07, 6.45) is 0. The second-order valence-corrected chi connectivity index (χ2v) is 14.9. The van der Waals surface area contributed by atoms with Gasteiger partial charge in [0, 0.05) is 5.56 Å². The molecular formula is C30H34O4Si. The van der Waals surface area contributed by atoms with Crippen molar-refractivity contribution in [2.75, 3.05) is 7.11 Å². The van der Waals surface area contributed by atoms with Crippen LogP contribution in [0.15, 0.2) is 66.7 Å². The van der Waals surface area contributed by atoms with Gasteiger partial charge in [0.05, 0.1) is 24.8 Å². The van der Waals surface area contributed by atoms with Crippen molar-refractivity contribution in [3.8, 4) is 23.3 Å². The Bertz CT molecular complexity index is 1230. The monoisotopic (exact) mass is 486 g/mol. The van der Waals surface area contributed by atoms with Gasteiger partial charge < -0.3 is 13.9 Å². The summed E-state index contributed by atoms with van der Waals surface area (Å²) in [6, 6.07) is 20.7. The van der Waals surface area contributed by atoms with Crippen LogP contribution in [0.2, 0.25) is 18.1 Å². The molecule has 0 saturated carbocycles. The van der Waals surface area contributed by atoms with Crippen molar-refractivity contribution >= 4 is 14.3 Å². The molecule has 3 rings (SSSR count). The fourth-order valence-electron chi connectivity index (χ4n) is 3.07. The van der Waals surface area contributed by atoms with Gasteiger partial charge in [-0.2, -0.15) is 0 Å². The molecule has 0 fully saturated rings. The summed E-state index contributed by atoms with van der Waals surface area (Å²) in [5, 5.41) is 0.0938. The van der Waals surface area contributed by atoms with E-state index in [0.717, 1.165) is 16.7 Å². The fourth-order valence-corrected chi connectivity index (χ4v) is 4.04. The van der Waals surface area contributed by atoms with E-state index in [1.807, 2.05) is 61.5 Å². The Labute approximate surface area is 210 Å². The van der Waals surface area contributed by atoms with Crippen molar-refractivity contribution in [2.45, 2.75) is 52.4 Å². The highest BCUT2D eigenvalue weighted by atomic mass is 28.4. The lowest BCUT2D eigenvalue weighted by Crippen LogP contribution is -2.40. The van der Waals surface area contributed by atoms with Crippen molar-refractivity contribution in [3.05, 3.63) is 94.5 Å². The molecule has 3 aromatic carbocycles. The molecule has 182 valence electrons. The Kier molecular flexibility index (Phi) is 8.21. The number of hydrogen-bond donors (Lipinski definition) is 0. The van der Waals surface area contributed by atoms with Crippen LogP contribution in [0.3, 0.4) is 0 Å². The van der Waals surface area contributed by atoms with Crippen molar-refractivity contribution in [2.24, 2.45) is 0 Å². The first-order valence-corrected chi connectivity index (χ1v) is 14.6. The first-order valence-electron chi connectivity index (χ1n) is 11.7. The second-order valence-electron chi connectivity index (χ2n) is 10.1. The number of esters is 1. The maximum absolute atomic E-state index is 12.9. The van der Waals surface area contributed by atoms with E-state index in [1.165, 1.54) is 0 Å². The third-order valence-electron chi connectivity index (χ3n) is 6.34. The minimum atomic E-state index is -1.95. The number of hydrogen-bond acceptors (Lipinski definition) is 4. The van der Waals surface area contributed by atoms with E-state index in [4.69, 9.17) is 13.9 Å². The number of benzene rings is 3. The first-order chi connectivity index (χ1) is 16.5. The van der Waals surface area contributed by atoms with E-state index in [-0.39, 0.29) is 5.04 Å². The van der Waals surface area contributed by atoms with E-state index in [0.29, 0.717) is 29.2 Å². The molecule has 0 spiro atoms. The van der Waals surface area contributed by atoms with Gasteiger partial charge in [-0.15, -0.1) is 0 Å². The molecule has 4 nitrogen and oxygen atoms in total. The zero-order valence-electron chi connectivity index (χ0n) is 21.7. The molecule has 0 aromatic heterocycles. The molecular weight excluding hydrogens is 452 g/mol. The Morgan fingerprint density at radius 3 is 2.20 bits per heavy atom. The smallest absolute Gasteiger partial charge is 0.343 e. The summed E-state index contributed by atoms with van der Waals surface area (Å²) >= 11 is 0. The van der Waals surface area contributed by atoms with Gasteiger partial charge in [-0.1, -0.05) is 68.5 Å². The van der Waals surface area contributed by atoms with Crippen molar-refractivity contribution in [1.29, 1.82) is 0 Å². The molecule has 0 aliphatic carbocycles. The number of carbonyl (C=O) groups excluding carboxylic acids is 1. The van der Waals surface area contributed by atoms with Gasteiger partial charge in [0.2, 0.25) is 0 Å². The average molecular weight is 487 g/mol. The average Bonchev–Trinajstić information content (AvgIpc) is 2.82. The SMILES string of the molecule is COc1cc(CO[Si](C)(C)C(C)(C)C)cc(C#Cc2ccccc2)c1OC(=O)c1ccc(C)cc1. The number of aryl methyl sites for hydroxylation is 1. The number of methoxy groups -OCH3 is 1. The van der Waals surface area contributed by atoms with Crippen LogP contribution in [0.1, 0.15) is 53.4 Å². The summed E-state index contributed by atoms with van der Waals surface area (Å²) in [7, 11) is -0.394. The minimum absolute atomic E-state index is 0.0938. The molecule has 0 amide bonds. The van der Waals surface area contributed by atoms with Crippen LogP contribution < -0.4 is 9.47 Å². The molecule has 0 N–H and O–H groups in total. The van der Waals surface area contributed by atoms with Crippen LogP contribution in [0.4, 0.5) is 0 Å². The predicted octanol–water partition coefficient (Wildman–Crippen LogP) is 7.14. The van der Waals surface area contributed by atoms with Crippen molar-refractivity contribution < 1.29 is 18.7 Å². The van der Waals surface area contributed by atoms with Gasteiger partial charge in [-0.25, -0.2) is 4.79 Å². The zero-order chi connectivity index (χ0) is 25.6. The molecule has 0 radical (unpaired) electrons. The molecule has 35 heavy (non-hydrogen) atoms. The van der Waals surface area contributed by atoms with Crippen LogP contribution in [0, 0.1) is 18.8 Å². The predicted molar refractivity (Wildman–Crippen MR) is 144 cm³/mol. The van der Waals surface area contributed by atoms with Crippen LogP contribution in [0.5, 0.6) is 11.5 Å². The van der Waals surface area contributed by atoms with Crippen LogP contribution in [-0.4, -0.2) is 21.4 Å². The van der Waals surface area contributed by atoms with Gasteiger partial charge in [0.15, 0.2) is 19.8 Å². The molecule has 0 bridgehead atoms. The van der Waals surface area contributed by atoms with Crippen LogP contribution >= 0.6 is 0 Å². The number of ether oxygens (including phenoxy) is 2. The molecule has 0 atom stereocenters. The van der Waals surface area contributed by atoms with E-state index < -0.39 is 14.3 Å². The summed E-state index contributed by atoms with van der Waals surface area (Å²) < 4.78 is 17.9. The molecule has 0 aliphatic heterocycles. The summed E-state index contributed by atoms with van der Waals surface area (Å²) in [5.74, 6) is 6.64. The van der Waals surface area contributed by atoms with E-state index in [2.05, 4.69) is 45.7 Å². The normalized spacial score (nSPS) is 11.4. The Morgan fingerprint density at radius 2 is 1.60 bits per heavy atom. The summed E-state index contributed by atoms with van der Waals surface area (Å²) in [6.45, 7) is 13.5. The highest BCUT2D eigenvalue weighted by Gasteiger charge is 2.37. The lowest BCUT2D eigenvalue weighted by Gasteiger charge is -2.36. The highest BCUT2D eigenvalue weighted by Crippen LogP contribution is 2.38. The first kappa shape index (κ1) is 26.3. The summed E-state index contributed by atoms with van der Waals surface area (Å²) in [4.78, 5) is 12.9. The largest absolute Gasteiger partial charge is 0.493 e. The van der Waals surface area contributed by atoms with Crippen molar-refractivity contribution in [1.82, 2.24) is 0 Å². The number of carbonyl (C=O) groups is 1. The Balaban J connectivity index is 2.01. The Hall–Kier alpha value is -3.33. The van der Waals surface area contributed by atoms with Gasteiger partial charge in [-0.05, 0) is 67.0 Å². The van der Waals surface area contributed by atoms with Crippen LogP contribution in [0.25, 0.3) is 0 Å². The quantitative estimate of drug-likeness (QED) is 0.161. The molecule has 0 aliphatic rings. The van der Waals surface area contributed by atoms with Crippen molar-refractivity contribution in [3.63, 3.8) is 0 Å². The topological polar surface area (TPSA) is 44.8 Å². The van der Waals surface area contributed by atoms with Gasteiger partial charge in [0.25, 0.3) is 0 Å². The molecule has 0 unspecified atom stereocenters. The van der Waals surface area contributed by atoms with Gasteiger partial charge in [-0.3, -0.25) is 0 Å². The van der Waals surface area contributed by atoms with E-state index >= 15 is 0 Å². The minimum Gasteiger partial charge on any atom is -0.493 e. The third kappa shape index (κ3) is 6.85. The highest BCUT2D eigenvalue weighted by molar-refractivity contribution is 6.74. The maximum atomic E-state index is 12.9. The van der Waals surface area contributed by atoms with Crippen LogP contribution in [-0.2, 0) is 11.0 Å². The summed E-state index contributed by atoms with van der Waals surface area (Å²) in [5.41, 5.74) is 3.89. The molecule has 0 heterocycles.